The number of rotatable bonds is 11. The molecule has 6 aliphatic rings. The van der Waals surface area contributed by atoms with E-state index in [4.69, 9.17) is 71.9 Å². The highest BCUT2D eigenvalue weighted by atomic mass is 35.5. The van der Waals surface area contributed by atoms with Gasteiger partial charge in [-0.1, -0.05) is 76.3 Å². The minimum Gasteiger partial charge on any atom is -0.428 e. The maximum Gasteiger partial charge on any atom is 0.298 e. The van der Waals surface area contributed by atoms with Gasteiger partial charge in [0.25, 0.3) is 53.5 Å². The quantitative estimate of drug-likeness (QED) is 0.114. The summed E-state index contributed by atoms with van der Waals surface area (Å²) in [5.74, 6) is -1.63. The molecule has 2 fully saturated rings. The average molecular weight is 2000 g/mol. The van der Waals surface area contributed by atoms with Crippen LogP contribution in [-0.4, -0.2) is 141 Å². The highest BCUT2D eigenvalue weighted by molar-refractivity contribution is 7.90. The molecule has 25 rings (SSSR count). The first kappa shape index (κ1) is 92.8. The molecule has 0 bridgehead atoms. The number of halogens is 8. The van der Waals surface area contributed by atoms with Crippen molar-refractivity contribution in [3.05, 3.63) is 319 Å². The molecule has 6 aliphatic heterocycles. The molecule has 138 heavy (non-hydrogen) atoms. The third-order valence-electron chi connectivity index (χ3n) is 25.6. The predicted octanol–water partition coefficient (Wildman–Crippen LogP) is 20.9. The molecule has 0 spiro atoms. The van der Waals surface area contributed by atoms with Crippen LogP contribution >= 0.6 is 47.2 Å². The van der Waals surface area contributed by atoms with E-state index in [1.165, 1.54) is 65.6 Å². The Labute approximate surface area is 810 Å². The molecule has 2 saturated heterocycles. The number of benzene rings is 11. The van der Waals surface area contributed by atoms with Gasteiger partial charge in [-0.2, -0.15) is 19.9 Å². The number of aromatic amines is 1. The molecule has 19 aromatic rings. The van der Waals surface area contributed by atoms with Gasteiger partial charge in [-0.25, -0.2) is 54.7 Å². The normalized spacial score (nSPS) is 15.1. The summed E-state index contributed by atoms with van der Waals surface area (Å²) in [7, 11) is -11.6. The van der Waals surface area contributed by atoms with Crippen molar-refractivity contribution >= 4 is 195 Å². The average Bonchev–Trinajstić information content (AvgIpc) is 1.58. The molecule has 0 amide bonds. The summed E-state index contributed by atoms with van der Waals surface area (Å²) in [5, 5.41) is 7.84. The SMILES string of the molecule is Cc1ccc(S(=O)(=O)n2c3c(c4ccc(F)cc42)CN(c2nc4cc(Cl)ccc4o2)CC3)cc1.Cc1ccc(S(=O)(=O)n2c3c(c4ccc(F)cc42)CN(c2nc4cc(N5CCOCC5)ccc4o2)CC3)cc1.Cc1ccc(S(=O)(=O)n2c3c(c4ccc(F)cc42)CNCC3)cc1.Cl.Clc1ccc2oc(Cl)nc2c1.Fc1ccc2c3c([nH]c2c1)CCN(c1nc2cc(N4CCOCC4)ccc2o1)C3. The van der Waals surface area contributed by atoms with E-state index in [9.17, 15) is 42.8 Å². The summed E-state index contributed by atoms with van der Waals surface area (Å²) in [5.41, 5.74) is 19.8. The summed E-state index contributed by atoms with van der Waals surface area (Å²) >= 11 is 17.3. The minimum absolute atomic E-state index is 0. The van der Waals surface area contributed by atoms with Crippen molar-refractivity contribution in [3.8, 4) is 0 Å². The number of nitrogens with zero attached hydrogens (tertiary/aromatic N) is 12. The van der Waals surface area contributed by atoms with Crippen molar-refractivity contribution in [2.24, 2.45) is 0 Å². The summed E-state index contributed by atoms with van der Waals surface area (Å²) in [6.07, 6.45) is 2.31. The van der Waals surface area contributed by atoms with Crippen molar-refractivity contribution in [1.29, 1.82) is 0 Å². The van der Waals surface area contributed by atoms with Crippen LogP contribution in [0.4, 0.5) is 47.0 Å². The zero-order valence-corrected chi connectivity index (χ0v) is 80.0. The van der Waals surface area contributed by atoms with E-state index in [0.29, 0.717) is 173 Å². The summed E-state index contributed by atoms with van der Waals surface area (Å²) in [6, 6.07) is 62.2. The number of aromatic nitrogens is 8. The highest BCUT2D eigenvalue weighted by Gasteiger charge is 2.37. The maximum absolute atomic E-state index is 14.4. The number of ether oxygens (including phenoxy) is 2. The predicted molar refractivity (Wildman–Crippen MR) is 529 cm³/mol. The number of fused-ring (bicyclic) bond motifs is 16. The Morgan fingerprint density at radius 2 is 0.703 bits per heavy atom. The van der Waals surface area contributed by atoms with Crippen LogP contribution in [0, 0.1) is 44.0 Å². The Hall–Kier alpha value is -12.9. The molecule has 0 aliphatic carbocycles. The molecule has 0 radical (unpaired) electrons. The Morgan fingerprint density at radius 1 is 0.348 bits per heavy atom. The Balaban J connectivity index is 0.000000110. The fraction of sp³-hybridized carbons (Fsp3) is 0.228. The lowest BCUT2D eigenvalue weighted by atomic mass is 10.0. The lowest BCUT2D eigenvalue weighted by Crippen LogP contribution is -2.36. The molecule has 0 saturated carbocycles. The first-order chi connectivity index (χ1) is 66.2. The number of hydrogen-bond acceptors (Lipinski definition) is 22. The molecular formula is C101H88Cl4F4N14O12S3. The summed E-state index contributed by atoms with van der Waals surface area (Å²) < 4.78 is 176. The Bertz CT molecular complexity index is 8310. The van der Waals surface area contributed by atoms with Crippen molar-refractivity contribution in [2.45, 2.75) is 87.3 Å². The van der Waals surface area contributed by atoms with Gasteiger partial charge in [0.15, 0.2) is 22.3 Å². The van der Waals surface area contributed by atoms with Gasteiger partial charge in [0.1, 0.15) is 45.3 Å². The first-order valence-corrected chi connectivity index (χ1v) is 50.0. The monoisotopic (exact) mass is 2000 g/mol. The fourth-order valence-corrected chi connectivity index (χ4v) is 24.1. The van der Waals surface area contributed by atoms with Gasteiger partial charge in [-0.3, -0.25) is 0 Å². The third-order valence-corrected chi connectivity index (χ3v) is 31.6. The van der Waals surface area contributed by atoms with Crippen LogP contribution in [0.2, 0.25) is 15.4 Å². The Kier molecular flexibility index (Phi) is 25.4. The Morgan fingerprint density at radius 3 is 1.13 bits per heavy atom. The molecule has 708 valence electrons. The van der Waals surface area contributed by atoms with E-state index in [-0.39, 0.29) is 38.3 Å². The van der Waals surface area contributed by atoms with E-state index < -0.39 is 47.5 Å². The number of H-pyrrole nitrogens is 1. The van der Waals surface area contributed by atoms with Crippen molar-refractivity contribution in [3.63, 3.8) is 0 Å². The van der Waals surface area contributed by atoms with Gasteiger partial charge in [0, 0.05) is 192 Å². The molecule has 8 aromatic heterocycles. The number of oxazole rings is 4. The molecule has 26 nitrogen and oxygen atoms in total. The van der Waals surface area contributed by atoms with E-state index in [0.717, 1.165) is 136 Å². The standard InChI is InChI=1S/C29H27FN4O4S.C25H19ClFN3O3S.C22H21FN4O2.C18H17FN2O2S.C7H3Cl2NO.ClH/c1-19-2-6-22(7-3-19)39(35,36)34-26-10-11-33(18-24(26)23-8-4-20(30)16-27(23)34)29-31-25-17-21(5-9-28(25)38-29)32-12-14-37-15-13-32;1-15-2-6-18(7-3-15)34(31,32)30-22-10-11-29(14-20(22)19-8-5-17(27)13-23(19)30)25-28-21-12-16(26)4-9-24(21)33-25;23-14-1-3-16-17-13-27(6-5-18(17)24-19(16)11-14)22-25-20-12-15(2-4-21(20)29-22)26-7-9-28-10-8-26;1-12-2-5-14(6-3-12)24(22,23)21-17-8-9-20-11-16(17)15-7-4-13(19)10-18(15)21;8-4-1-2-6-5(3-4)10-7(9)11-6;/h2-9,16-17H,10-15,18H2,1H3;2-9,12-13H,10-11,14H2,1H3;1-4,11-12,24H,5-10,13H2;2-7,10,20H,8-9,11H2,1H3;1-3H;1H. The van der Waals surface area contributed by atoms with E-state index in [2.05, 4.69) is 47.1 Å². The van der Waals surface area contributed by atoms with Gasteiger partial charge >= 0.3 is 0 Å². The zero-order valence-electron chi connectivity index (χ0n) is 74.5. The van der Waals surface area contributed by atoms with Crippen LogP contribution in [0.15, 0.2) is 251 Å². The molecule has 14 heterocycles. The van der Waals surface area contributed by atoms with Gasteiger partial charge in [0.2, 0.25) is 0 Å². The molecule has 0 unspecified atom stereocenters. The van der Waals surface area contributed by atoms with Gasteiger partial charge in [-0.05, 0) is 220 Å². The molecule has 37 heteroatoms. The number of aryl methyl sites for hydroxylation is 3. The fourth-order valence-electron chi connectivity index (χ4n) is 18.8. The number of nitrogens with one attached hydrogen (secondary N) is 2. The molecule has 2 N–H and O–H groups in total. The minimum atomic E-state index is -3.94. The van der Waals surface area contributed by atoms with Crippen LogP contribution in [0.1, 0.15) is 61.7 Å². The van der Waals surface area contributed by atoms with Gasteiger partial charge < -0.3 is 61.9 Å². The van der Waals surface area contributed by atoms with Crippen LogP contribution in [-0.2, 0) is 91.4 Å². The van der Waals surface area contributed by atoms with Gasteiger partial charge in [0.05, 0.1) is 57.7 Å². The number of morpholine rings is 2. The lowest BCUT2D eigenvalue weighted by Gasteiger charge is -2.28. The van der Waals surface area contributed by atoms with Crippen LogP contribution in [0.25, 0.3) is 88.0 Å². The van der Waals surface area contributed by atoms with E-state index in [1.54, 1.807) is 133 Å². The van der Waals surface area contributed by atoms with Crippen molar-refractivity contribution in [1.82, 2.24) is 42.2 Å². The largest absolute Gasteiger partial charge is 0.428 e. The highest BCUT2D eigenvalue weighted by Crippen LogP contribution is 2.43. The number of anilines is 5. The van der Waals surface area contributed by atoms with Crippen LogP contribution in [0.3, 0.4) is 0 Å². The van der Waals surface area contributed by atoms with Crippen LogP contribution < -0.4 is 29.8 Å². The second kappa shape index (κ2) is 37.8. The summed E-state index contributed by atoms with van der Waals surface area (Å²) in [6.45, 7) is 16.7. The first-order valence-electron chi connectivity index (χ1n) is 44.6. The van der Waals surface area contributed by atoms with E-state index in [1.807, 2.05) is 60.9 Å². The lowest BCUT2D eigenvalue weighted by molar-refractivity contribution is 0.122. The molecule has 0 atom stereocenters. The van der Waals surface area contributed by atoms with E-state index >= 15 is 0 Å². The van der Waals surface area contributed by atoms with Crippen molar-refractivity contribution in [2.75, 3.05) is 103 Å². The number of hydrogen-bond donors (Lipinski definition) is 2. The van der Waals surface area contributed by atoms with Crippen LogP contribution in [0.5, 0.6) is 0 Å². The third kappa shape index (κ3) is 18.0. The van der Waals surface area contributed by atoms with Crippen molar-refractivity contribution < 1.29 is 70.0 Å². The smallest absolute Gasteiger partial charge is 0.298 e. The second-order valence-corrected chi connectivity index (χ2v) is 41.0. The maximum atomic E-state index is 14.4. The topological polar surface area (TPSA) is 284 Å². The molecular weight excluding hydrogens is 1920 g/mol. The molecule has 11 aromatic carbocycles. The zero-order chi connectivity index (χ0) is 94.5. The second-order valence-electron chi connectivity index (χ2n) is 34.4. The summed E-state index contributed by atoms with van der Waals surface area (Å²) in [4.78, 5) is 32.7. The van der Waals surface area contributed by atoms with Gasteiger partial charge in [-0.15, -0.1) is 12.4 Å².